The van der Waals surface area contributed by atoms with E-state index in [-0.39, 0.29) is 0 Å². The van der Waals surface area contributed by atoms with Crippen LogP contribution in [0.25, 0.3) is 18.8 Å². The second kappa shape index (κ2) is 3.14. The van der Waals surface area contributed by atoms with Crippen molar-refractivity contribution in [3.8, 4) is 5.69 Å². The number of hydrogen-bond donors (Lipinski definition) is 0. The summed E-state index contributed by atoms with van der Waals surface area (Å²) in [5, 5.41) is 2.01. The van der Waals surface area contributed by atoms with E-state index in [9.17, 15) is 0 Å². The second-order valence-corrected chi connectivity index (χ2v) is 3.45. The fourth-order valence-corrected chi connectivity index (χ4v) is 1.44. The minimum atomic E-state index is 1.00. The van der Waals surface area contributed by atoms with Crippen molar-refractivity contribution in [2.75, 3.05) is 0 Å². The maximum Gasteiger partial charge on any atom is 0.248 e. The van der Waals surface area contributed by atoms with E-state index in [0.717, 1.165) is 16.1 Å². The molecule has 1 aromatic heterocycles. The molecule has 0 unspecified atom stereocenters. The van der Waals surface area contributed by atoms with Gasteiger partial charge in [0, 0.05) is 5.22 Å². The van der Waals surface area contributed by atoms with Gasteiger partial charge < -0.3 is 0 Å². The zero-order valence-electron chi connectivity index (χ0n) is 8.27. The van der Waals surface area contributed by atoms with Crippen LogP contribution in [0.2, 0.25) is 0 Å². The lowest BCUT2D eigenvalue weighted by Crippen LogP contribution is -2.24. The van der Waals surface area contributed by atoms with Gasteiger partial charge in [-0.3, -0.25) is 0 Å². The molecule has 0 aliphatic rings. The quantitative estimate of drug-likeness (QED) is 0.558. The van der Waals surface area contributed by atoms with Gasteiger partial charge in [0.05, 0.1) is 7.05 Å². The Hall–Kier alpha value is -1.83. The molecule has 2 heteroatoms. The van der Waals surface area contributed by atoms with Gasteiger partial charge in [-0.25, -0.2) is 9.13 Å². The molecule has 0 radical (unpaired) electrons. The summed E-state index contributed by atoms with van der Waals surface area (Å²) in [7, 11) is 1.99. The van der Waals surface area contributed by atoms with Crippen molar-refractivity contribution < 1.29 is 4.57 Å². The van der Waals surface area contributed by atoms with E-state index in [0.29, 0.717) is 0 Å². The molecule has 14 heavy (non-hydrogen) atoms. The van der Waals surface area contributed by atoms with Crippen LogP contribution in [0.1, 0.15) is 0 Å². The highest BCUT2D eigenvalue weighted by Crippen LogP contribution is 1.95. The Kier molecular flexibility index (Phi) is 1.97. The van der Waals surface area contributed by atoms with E-state index in [1.807, 2.05) is 53.1 Å². The first-order valence-electron chi connectivity index (χ1n) is 4.48. The van der Waals surface area contributed by atoms with Crippen LogP contribution in [-0.2, 0) is 7.05 Å². The molecule has 1 heterocycles. The van der Waals surface area contributed by atoms with Gasteiger partial charge in [-0.05, 0) is 11.3 Å². The first-order valence-corrected chi connectivity index (χ1v) is 4.48. The van der Waals surface area contributed by atoms with E-state index >= 15 is 0 Å². The third kappa shape index (κ3) is 1.46. The van der Waals surface area contributed by atoms with Gasteiger partial charge in [0.2, 0.25) is 6.33 Å². The van der Waals surface area contributed by atoms with Crippen molar-refractivity contribution in [1.82, 2.24) is 4.57 Å². The zero-order chi connectivity index (χ0) is 10.1. The standard InChI is InChI=1S/C12H13N2/c1-10-4-5-11(2)12(8-10)14-7-6-13(3)9-14/h4-9H,1-2H2,3H3/q+1. The average Bonchev–Trinajstić information content (AvgIpc) is 2.56. The number of nitrogens with zero attached hydrogens (tertiary/aromatic N) is 2. The van der Waals surface area contributed by atoms with Gasteiger partial charge in [0.15, 0.2) is 0 Å². The van der Waals surface area contributed by atoms with Crippen LogP contribution in [0, 0.1) is 0 Å². The number of rotatable bonds is 1. The summed E-state index contributed by atoms with van der Waals surface area (Å²) in [6.45, 7) is 7.90. The number of aryl methyl sites for hydroxylation is 1. The van der Waals surface area contributed by atoms with Crippen LogP contribution in [-0.4, -0.2) is 4.57 Å². The predicted octanol–water partition coefficient (Wildman–Crippen LogP) is 0.122. The molecule has 0 amide bonds. The molecule has 2 aromatic rings. The zero-order valence-corrected chi connectivity index (χ0v) is 8.27. The molecular formula is C12H13N2+. The molecule has 0 fully saturated rings. The summed E-state index contributed by atoms with van der Waals surface area (Å²) >= 11 is 0. The van der Waals surface area contributed by atoms with E-state index in [1.54, 1.807) is 0 Å². The molecule has 0 atom stereocenters. The van der Waals surface area contributed by atoms with E-state index < -0.39 is 0 Å². The Labute approximate surface area is 83.1 Å². The van der Waals surface area contributed by atoms with Gasteiger partial charge in [0.1, 0.15) is 18.1 Å². The molecule has 0 N–H and O–H groups in total. The Balaban J connectivity index is 2.67. The van der Waals surface area contributed by atoms with Crippen LogP contribution in [0.3, 0.4) is 0 Å². The number of aromatic nitrogens is 2. The van der Waals surface area contributed by atoms with Gasteiger partial charge in [-0.1, -0.05) is 25.3 Å². The maximum absolute atomic E-state index is 3.99. The molecule has 2 rings (SSSR count). The molecule has 0 saturated carbocycles. The lowest BCUT2D eigenvalue weighted by molar-refractivity contribution is -0.670. The summed E-state index contributed by atoms with van der Waals surface area (Å²) < 4.78 is 4.03. The highest BCUT2D eigenvalue weighted by atomic mass is 15.1. The molecule has 2 nitrogen and oxygen atoms in total. The van der Waals surface area contributed by atoms with Crippen molar-refractivity contribution in [1.29, 1.82) is 0 Å². The third-order valence-corrected chi connectivity index (χ3v) is 2.20. The molecular weight excluding hydrogens is 172 g/mol. The Bertz CT molecular complexity index is 552. The van der Waals surface area contributed by atoms with Crippen LogP contribution in [0.5, 0.6) is 0 Å². The predicted molar refractivity (Wildman–Crippen MR) is 57.2 cm³/mol. The molecule has 0 bridgehead atoms. The lowest BCUT2D eigenvalue weighted by atomic mass is 10.2. The topological polar surface area (TPSA) is 8.81 Å². The minimum Gasteiger partial charge on any atom is -0.239 e. The first-order chi connectivity index (χ1) is 6.66. The monoisotopic (exact) mass is 185 g/mol. The van der Waals surface area contributed by atoms with Gasteiger partial charge in [0.25, 0.3) is 0 Å². The SMILES string of the molecule is C=c1ccc(=C)c(-n2cc[n+](C)c2)c1. The van der Waals surface area contributed by atoms with E-state index in [1.165, 1.54) is 0 Å². The van der Waals surface area contributed by atoms with Gasteiger partial charge in [-0.15, -0.1) is 0 Å². The molecule has 0 aliphatic carbocycles. The largest absolute Gasteiger partial charge is 0.248 e. The van der Waals surface area contributed by atoms with Crippen LogP contribution < -0.4 is 15.0 Å². The smallest absolute Gasteiger partial charge is 0.239 e. The maximum atomic E-state index is 3.99. The lowest BCUT2D eigenvalue weighted by Gasteiger charge is -1.95. The average molecular weight is 185 g/mol. The van der Waals surface area contributed by atoms with Crippen molar-refractivity contribution in [3.63, 3.8) is 0 Å². The summed E-state index contributed by atoms with van der Waals surface area (Å²) in [5.74, 6) is 0. The van der Waals surface area contributed by atoms with Crippen LogP contribution >= 0.6 is 0 Å². The first kappa shape index (κ1) is 8.75. The number of hydrogen-bond acceptors (Lipinski definition) is 0. The molecule has 0 saturated heterocycles. The normalized spacial score (nSPS) is 10.4. The van der Waals surface area contributed by atoms with Crippen LogP contribution in [0.15, 0.2) is 36.9 Å². The second-order valence-electron chi connectivity index (χ2n) is 3.45. The van der Waals surface area contributed by atoms with Crippen molar-refractivity contribution in [3.05, 3.63) is 47.4 Å². The summed E-state index contributed by atoms with van der Waals surface area (Å²) in [5.41, 5.74) is 1.08. The molecule has 70 valence electrons. The molecule has 0 spiro atoms. The van der Waals surface area contributed by atoms with Crippen molar-refractivity contribution >= 4 is 13.2 Å². The number of benzene rings is 1. The fraction of sp³-hybridized carbons (Fsp3) is 0.0833. The Morgan fingerprint density at radius 2 is 2.07 bits per heavy atom. The summed E-state index contributed by atoms with van der Waals surface area (Å²) in [4.78, 5) is 0. The summed E-state index contributed by atoms with van der Waals surface area (Å²) in [6.07, 6.45) is 6.00. The Morgan fingerprint density at radius 3 is 2.71 bits per heavy atom. The van der Waals surface area contributed by atoms with Crippen molar-refractivity contribution in [2.45, 2.75) is 0 Å². The highest BCUT2D eigenvalue weighted by Gasteiger charge is 2.03. The number of imidazole rings is 1. The van der Waals surface area contributed by atoms with E-state index in [2.05, 4.69) is 13.2 Å². The minimum absolute atomic E-state index is 1.00. The summed E-state index contributed by atoms with van der Waals surface area (Å²) in [6, 6.07) is 5.98. The Morgan fingerprint density at radius 1 is 1.29 bits per heavy atom. The third-order valence-electron chi connectivity index (χ3n) is 2.20. The van der Waals surface area contributed by atoms with Gasteiger partial charge in [-0.2, -0.15) is 0 Å². The van der Waals surface area contributed by atoms with Crippen LogP contribution in [0.4, 0.5) is 0 Å². The molecule has 1 aromatic carbocycles. The van der Waals surface area contributed by atoms with Crippen molar-refractivity contribution in [2.24, 2.45) is 7.05 Å². The molecule has 0 aliphatic heterocycles. The van der Waals surface area contributed by atoms with E-state index in [4.69, 9.17) is 0 Å². The highest BCUT2D eigenvalue weighted by molar-refractivity contribution is 5.36. The van der Waals surface area contributed by atoms with Gasteiger partial charge >= 0.3 is 0 Å². The fourth-order valence-electron chi connectivity index (χ4n) is 1.44.